The highest BCUT2D eigenvalue weighted by Gasteiger charge is 2.15. The van der Waals surface area contributed by atoms with Gasteiger partial charge in [-0.2, -0.15) is 0 Å². The number of para-hydroxylation sites is 2. The third-order valence-corrected chi connectivity index (χ3v) is 4.54. The molecule has 0 fully saturated rings. The van der Waals surface area contributed by atoms with E-state index in [4.69, 9.17) is 4.74 Å². The highest BCUT2D eigenvalue weighted by molar-refractivity contribution is 6.08. The smallest absolute Gasteiger partial charge is 0.259 e. The van der Waals surface area contributed by atoms with E-state index >= 15 is 0 Å². The van der Waals surface area contributed by atoms with Crippen LogP contribution >= 0.6 is 0 Å². The lowest BCUT2D eigenvalue weighted by Crippen LogP contribution is -2.26. The fourth-order valence-electron chi connectivity index (χ4n) is 2.89. The Morgan fingerprint density at radius 3 is 2.20 bits per heavy atom. The van der Waals surface area contributed by atoms with E-state index in [2.05, 4.69) is 19.2 Å². The SMILES string of the molecule is CC(C)COc1ccccc1C(=O)Nc1ccc(C(=O)N(C)c2ccccc2)cc1. The van der Waals surface area contributed by atoms with E-state index in [1.54, 1.807) is 54.4 Å². The Morgan fingerprint density at radius 1 is 0.900 bits per heavy atom. The van der Waals surface area contributed by atoms with Crippen molar-refractivity contribution in [3.05, 3.63) is 90.0 Å². The number of nitrogens with one attached hydrogen (secondary N) is 1. The van der Waals surface area contributed by atoms with Crippen LogP contribution in [0.5, 0.6) is 5.75 Å². The van der Waals surface area contributed by atoms with E-state index in [-0.39, 0.29) is 11.8 Å². The molecule has 3 rings (SSSR count). The Morgan fingerprint density at radius 2 is 1.53 bits per heavy atom. The highest BCUT2D eigenvalue weighted by Crippen LogP contribution is 2.21. The highest BCUT2D eigenvalue weighted by atomic mass is 16.5. The lowest BCUT2D eigenvalue weighted by Gasteiger charge is -2.17. The van der Waals surface area contributed by atoms with E-state index in [0.717, 1.165) is 5.69 Å². The number of hydrogen-bond donors (Lipinski definition) is 1. The van der Waals surface area contributed by atoms with Crippen molar-refractivity contribution >= 4 is 23.2 Å². The van der Waals surface area contributed by atoms with Gasteiger partial charge in [-0.1, -0.05) is 44.2 Å². The van der Waals surface area contributed by atoms with Gasteiger partial charge in [0.25, 0.3) is 11.8 Å². The summed E-state index contributed by atoms with van der Waals surface area (Å²) < 4.78 is 5.77. The van der Waals surface area contributed by atoms with Crippen LogP contribution in [0.3, 0.4) is 0 Å². The van der Waals surface area contributed by atoms with Gasteiger partial charge in [0, 0.05) is 24.0 Å². The van der Waals surface area contributed by atoms with Crippen molar-refractivity contribution < 1.29 is 14.3 Å². The fourth-order valence-corrected chi connectivity index (χ4v) is 2.89. The van der Waals surface area contributed by atoms with E-state index in [0.29, 0.717) is 35.1 Å². The second kappa shape index (κ2) is 9.74. The monoisotopic (exact) mass is 402 g/mol. The Kier molecular flexibility index (Phi) is 6.86. The molecule has 5 nitrogen and oxygen atoms in total. The van der Waals surface area contributed by atoms with Gasteiger partial charge in [0.2, 0.25) is 0 Å². The molecule has 1 N–H and O–H groups in total. The first-order chi connectivity index (χ1) is 14.5. The summed E-state index contributed by atoms with van der Waals surface area (Å²) >= 11 is 0. The summed E-state index contributed by atoms with van der Waals surface area (Å²) in [4.78, 5) is 27.0. The van der Waals surface area contributed by atoms with Crippen molar-refractivity contribution in [3.63, 3.8) is 0 Å². The molecule has 0 radical (unpaired) electrons. The maximum atomic E-state index is 12.7. The molecule has 5 heteroatoms. The van der Waals surface area contributed by atoms with Gasteiger partial charge >= 0.3 is 0 Å². The van der Waals surface area contributed by atoms with Crippen LogP contribution in [0, 0.1) is 5.92 Å². The van der Waals surface area contributed by atoms with Crippen LogP contribution in [0.4, 0.5) is 11.4 Å². The van der Waals surface area contributed by atoms with Crippen LogP contribution in [0.15, 0.2) is 78.9 Å². The van der Waals surface area contributed by atoms with Crippen molar-refractivity contribution in [2.24, 2.45) is 5.92 Å². The molecule has 3 aromatic carbocycles. The second-order valence-electron chi connectivity index (χ2n) is 7.43. The normalized spacial score (nSPS) is 10.5. The quantitative estimate of drug-likeness (QED) is 0.587. The van der Waals surface area contributed by atoms with Gasteiger partial charge in [-0.15, -0.1) is 0 Å². The predicted octanol–water partition coefficient (Wildman–Crippen LogP) is 5.25. The standard InChI is InChI=1S/C25H26N2O3/c1-18(2)17-30-23-12-8-7-11-22(23)24(28)26-20-15-13-19(14-16-20)25(29)27(3)21-9-5-4-6-10-21/h4-16,18H,17H2,1-3H3,(H,26,28). The minimum absolute atomic E-state index is 0.119. The molecule has 0 spiro atoms. The minimum Gasteiger partial charge on any atom is -0.492 e. The Labute approximate surface area is 177 Å². The lowest BCUT2D eigenvalue weighted by molar-refractivity contribution is 0.0991. The topological polar surface area (TPSA) is 58.6 Å². The van der Waals surface area contributed by atoms with Gasteiger partial charge in [0.05, 0.1) is 12.2 Å². The van der Waals surface area contributed by atoms with Crippen LogP contribution < -0.4 is 15.0 Å². The third-order valence-electron chi connectivity index (χ3n) is 4.54. The maximum absolute atomic E-state index is 12.7. The van der Waals surface area contributed by atoms with E-state index in [9.17, 15) is 9.59 Å². The number of carbonyl (C=O) groups is 2. The molecule has 0 unspecified atom stereocenters. The molecule has 0 saturated carbocycles. The number of rotatable bonds is 7. The van der Waals surface area contributed by atoms with Crippen molar-refractivity contribution in [2.45, 2.75) is 13.8 Å². The summed E-state index contributed by atoms with van der Waals surface area (Å²) in [7, 11) is 1.74. The van der Waals surface area contributed by atoms with Gasteiger partial charge in [-0.05, 0) is 54.4 Å². The largest absolute Gasteiger partial charge is 0.492 e. The van der Waals surface area contributed by atoms with Crippen LogP contribution in [-0.4, -0.2) is 25.5 Å². The fraction of sp³-hybridized carbons (Fsp3) is 0.200. The first kappa shape index (κ1) is 21.1. The molecule has 0 atom stereocenters. The van der Waals surface area contributed by atoms with Crippen molar-refractivity contribution in [1.29, 1.82) is 0 Å². The van der Waals surface area contributed by atoms with Crippen molar-refractivity contribution in [1.82, 2.24) is 0 Å². The average Bonchev–Trinajstić information content (AvgIpc) is 2.78. The van der Waals surface area contributed by atoms with E-state index in [1.807, 2.05) is 36.4 Å². The molecule has 30 heavy (non-hydrogen) atoms. The molecule has 154 valence electrons. The van der Waals surface area contributed by atoms with Crippen LogP contribution in [0.2, 0.25) is 0 Å². The van der Waals surface area contributed by atoms with E-state index < -0.39 is 0 Å². The summed E-state index contributed by atoms with van der Waals surface area (Å²) in [5.41, 5.74) is 2.44. The minimum atomic E-state index is -0.255. The first-order valence-corrected chi connectivity index (χ1v) is 9.92. The van der Waals surface area contributed by atoms with Crippen LogP contribution in [-0.2, 0) is 0 Å². The first-order valence-electron chi connectivity index (χ1n) is 9.92. The average molecular weight is 402 g/mol. The molecule has 0 bridgehead atoms. The van der Waals surface area contributed by atoms with Gasteiger partial charge in [0.15, 0.2) is 0 Å². The van der Waals surface area contributed by atoms with Gasteiger partial charge in [-0.3, -0.25) is 9.59 Å². The lowest BCUT2D eigenvalue weighted by atomic mass is 10.1. The maximum Gasteiger partial charge on any atom is 0.259 e. The third kappa shape index (κ3) is 5.26. The van der Waals surface area contributed by atoms with E-state index in [1.165, 1.54) is 0 Å². The zero-order valence-electron chi connectivity index (χ0n) is 17.5. The summed E-state index contributed by atoms with van der Waals surface area (Å²) in [6.45, 7) is 4.65. The molecular formula is C25H26N2O3. The molecular weight excluding hydrogens is 376 g/mol. The number of amides is 2. The Balaban J connectivity index is 1.69. The number of anilines is 2. The molecule has 0 aromatic heterocycles. The summed E-state index contributed by atoms with van der Waals surface area (Å²) in [6.07, 6.45) is 0. The zero-order valence-corrected chi connectivity index (χ0v) is 17.5. The molecule has 2 amide bonds. The molecule has 3 aromatic rings. The number of nitrogens with zero attached hydrogens (tertiary/aromatic N) is 1. The molecule has 0 aliphatic carbocycles. The van der Waals surface area contributed by atoms with Crippen molar-refractivity contribution in [2.75, 3.05) is 23.9 Å². The number of hydrogen-bond acceptors (Lipinski definition) is 3. The predicted molar refractivity (Wildman–Crippen MR) is 120 cm³/mol. The van der Waals surface area contributed by atoms with Crippen LogP contribution in [0.25, 0.3) is 0 Å². The molecule has 0 aliphatic rings. The Bertz CT molecular complexity index is 998. The summed E-state index contributed by atoms with van der Waals surface area (Å²) in [6, 6.07) is 23.5. The summed E-state index contributed by atoms with van der Waals surface area (Å²) in [5, 5.41) is 2.87. The molecule has 0 saturated heterocycles. The molecule has 0 heterocycles. The number of ether oxygens (including phenoxy) is 1. The Hall–Kier alpha value is -3.60. The van der Waals surface area contributed by atoms with Gasteiger partial charge in [0.1, 0.15) is 5.75 Å². The second-order valence-corrected chi connectivity index (χ2v) is 7.43. The van der Waals surface area contributed by atoms with Gasteiger partial charge in [-0.25, -0.2) is 0 Å². The molecule has 0 aliphatic heterocycles. The number of carbonyl (C=O) groups excluding carboxylic acids is 2. The van der Waals surface area contributed by atoms with Crippen molar-refractivity contribution in [3.8, 4) is 5.75 Å². The number of benzene rings is 3. The zero-order chi connectivity index (χ0) is 21.5. The summed E-state index contributed by atoms with van der Waals surface area (Å²) in [5.74, 6) is 0.543. The van der Waals surface area contributed by atoms with Crippen LogP contribution in [0.1, 0.15) is 34.6 Å². The van der Waals surface area contributed by atoms with Gasteiger partial charge < -0.3 is 15.0 Å².